The van der Waals surface area contributed by atoms with E-state index in [0.29, 0.717) is 36.9 Å². The number of hydrogen-bond acceptors (Lipinski definition) is 6. The molecule has 0 amide bonds. The second-order valence-electron chi connectivity index (χ2n) is 5.95. The first kappa shape index (κ1) is 14.6. The van der Waals surface area contributed by atoms with Gasteiger partial charge in [-0.15, -0.1) is 10.2 Å². The molecule has 1 aliphatic heterocycles. The van der Waals surface area contributed by atoms with Crippen molar-refractivity contribution in [2.24, 2.45) is 0 Å². The largest absolute Gasteiger partial charge is 0.492 e. The summed E-state index contributed by atoms with van der Waals surface area (Å²) in [5, 5.41) is 20.1. The summed E-state index contributed by atoms with van der Waals surface area (Å²) in [5.41, 5.74) is 1.05. The number of carbonyl (C=O) groups is 1. The quantitative estimate of drug-likeness (QED) is 0.928. The number of nitrogens with zero attached hydrogens (tertiary/aromatic N) is 3. The summed E-state index contributed by atoms with van der Waals surface area (Å²) in [7, 11) is 0. The number of hydrogen-bond donors (Lipinski definition) is 1. The lowest BCUT2D eigenvalue weighted by Crippen LogP contribution is -2.25. The van der Waals surface area contributed by atoms with E-state index in [2.05, 4.69) is 15.1 Å². The van der Waals surface area contributed by atoms with Crippen molar-refractivity contribution in [3.8, 4) is 5.75 Å². The first-order valence-corrected chi connectivity index (χ1v) is 8.55. The molecule has 0 saturated heterocycles. The van der Waals surface area contributed by atoms with Gasteiger partial charge < -0.3 is 9.84 Å². The van der Waals surface area contributed by atoms with Crippen molar-refractivity contribution in [2.75, 3.05) is 13.2 Å². The summed E-state index contributed by atoms with van der Waals surface area (Å²) in [6.45, 7) is 2.52. The zero-order valence-corrected chi connectivity index (χ0v) is 13.4. The maximum Gasteiger partial charge on any atom is 0.336 e. The SMILES string of the molecule is O=C(O)c1cccc2c1CN(Cc1nnc(C3CC3)s1)CCO2. The van der Waals surface area contributed by atoms with Crippen molar-refractivity contribution in [3.63, 3.8) is 0 Å². The van der Waals surface area contributed by atoms with Crippen molar-refractivity contribution in [3.05, 3.63) is 39.3 Å². The van der Waals surface area contributed by atoms with Gasteiger partial charge in [0.05, 0.1) is 12.1 Å². The van der Waals surface area contributed by atoms with Gasteiger partial charge in [-0.05, 0) is 25.0 Å². The van der Waals surface area contributed by atoms with E-state index in [1.54, 1.807) is 23.5 Å². The molecule has 1 aromatic carbocycles. The van der Waals surface area contributed by atoms with E-state index in [4.69, 9.17) is 4.74 Å². The van der Waals surface area contributed by atoms with Crippen molar-refractivity contribution < 1.29 is 14.6 Å². The summed E-state index contributed by atoms with van der Waals surface area (Å²) in [6, 6.07) is 5.19. The molecule has 7 heteroatoms. The van der Waals surface area contributed by atoms with Crippen LogP contribution in [0, 0.1) is 0 Å². The Bertz CT molecular complexity index is 742. The first-order valence-electron chi connectivity index (χ1n) is 7.73. The van der Waals surface area contributed by atoms with Gasteiger partial charge in [-0.2, -0.15) is 0 Å². The van der Waals surface area contributed by atoms with Crippen LogP contribution in [0.15, 0.2) is 18.2 Å². The van der Waals surface area contributed by atoms with Gasteiger partial charge in [0.15, 0.2) is 0 Å². The monoisotopic (exact) mass is 331 g/mol. The number of carboxylic acids is 1. The molecule has 0 bridgehead atoms. The standard InChI is InChI=1S/C16H17N3O3S/c20-16(21)11-2-1-3-13-12(11)8-19(6-7-22-13)9-14-17-18-15(23-14)10-4-5-10/h1-3,10H,4-9H2,(H,20,21). The topological polar surface area (TPSA) is 75.5 Å². The molecule has 0 radical (unpaired) electrons. The van der Waals surface area contributed by atoms with Crippen molar-refractivity contribution >= 4 is 17.3 Å². The number of carboxylic acid groups (broad SMARTS) is 1. The van der Waals surface area contributed by atoms with Crippen LogP contribution in [-0.2, 0) is 13.1 Å². The lowest BCUT2D eigenvalue weighted by molar-refractivity contribution is 0.0694. The molecular weight excluding hydrogens is 314 g/mol. The predicted molar refractivity (Wildman–Crippen MR) is 84.9 cm³/mol. The van der Waals surface area contributed by atoms with Crippen LogP contribution in [0.25, 0.3) is 0 Å². The molecule has 1 saturated carbocycles. The molecule has 0 spiro atoms. The highest BCUT2D eigenvalue weighted by molar-refractivity contribution is 7.11. The van der Waals surface area contributed by atoms with E-state index in [9.17, 15) is 9.90 Å². The number of fused-ring (bicyclic) bond motifs is 1. The molecule has 2 heterocycles. The second-order valence-corrected chi connectivity index (χ2v) is 7.05. The van der Waals surface area contributed by atoms with Crippen LogP contribution in [0.5, 0.6) is 5.75 Å². The fourth-order valence-corrected chi connectivity index (χ4v) is 3.86. The number of aromatic carboxylic acids is 1. The van der Waals surface area contributed by atoms with Crippen molar-refractivity contribution in [1.82, 2.24) is 15.1 Å². The summed E-state index contributed by atoms with van der Waals surface area (Å²) in [4.78, 5) is 13.6. The molecule has 120 valence electrons. The molecule has 23 heavy (non-hydrogen) atoms. The molecule has 1 aromatic heterocycles. The molecule has 0 atom stereocenters. The minimum atomic E-state index is -0.917. The summed E-state index contributed by atoms with van der Waals surface area (Å²) >= 11 is 1.67. The Morgan fingerprint density at radius 2 is 2.26 bits per heavy atom. The first-order chi connectivity index (χ1) is 11.2. The lowest BCUT2D eigenvalue weighted by Gasteiger charge is -2.18. The van der Waals surface area contributed by atoms with E-state index >= 15 is 0 Å². The second kappa shape index (κ2) is 5.90. The average molecular weight is 331 g/mol. The Labute approximate surface area is 137 Å². The van der Waals surface area contributed by atoms with Gasteiger partial charge in [-0.1, -0.05) is 17.4 Å². The Hall–Kier alpha value is -1.99. The Balaban J connectivity index is 1.55. The maximum atomic E-state index is 11.4. The van der Waals surface area contributed by atoms with Gasteiger partial charge in [0.1, 0.15) is 22.4 Å². The van der Waals surface area contributed by atoms with Crippen LogP contribution in [0.2, 0.25) is 0 Å². The zero-order chi connectivity index (χ0) is 15.8. The molecule has 1 aliphatic carbocycles. The third-order valence-corrected chi connectivity index (χ3v) is 5.25. The van der Waals surface area contributed by atoms with Crippen LogP contribution in [0.1, 0.15) is 44.7 Å². The van der Waals surface area contributed by atoms with Crippen LogP contribution >= 0.6 is 11.3 Å². The highest BCUT2D eigenvalue weighted by Gasteiger charge is 2.28. The van der Waals surface area contributed by atoms with E-state index < -0.39 is 5.97 Å². The minimum Gasteiger partial charge on any atom is -0.492 e. The van der Waals surface area contributed by atoms with Gasteiger partial charge in [0.25, 0.3) is 0 Å². The third kappa shape index (κ3) is 3.07. The van der Waals surface area contributed by atoms with E-state index in [1.165, 1.54) is 12.8 Å². The third-order valence-electron chi connectivity index (χ3n) is 4.18. The van der Waals surface area contributed by atoms with Crippen LogP contribution in [0.4, 0.5) is 0 Å². The minimum absolute atomic E-state index is 0.310. The molecule has 6 nitrogen and oxygen atoms in total. The Kier molecular flexibility index (Phi) is 3.74. The number of aromatic nitrogens is 2. The molecular formula is C16H17N3O3S. The van der Waals surface area contributed by atoms with E-state index in [0.717, 1.165) is 22.1 Å². The fourth-order valence-electron chi connectivity index (χ4n) is 2.80. The molecule has 0 unspecified atom stereocenters. The van der Waals surface area contributed by atoms with Gasteiger partial charge >= 0.3 is 5.97 Å². The number of benzene rings is 1. The zero-order valence-electron chi connectivity index (χ0n) is 12.6. The Morgan fingerprint density at radius 3 is 3.04 bits per heavy atom. The van der Waals surface area contributed by atoms with Crippen molar-refractivity contribution in [2.45, 2.75) is 31.8 Å². The van der Waals surface area contributed by atoms with Gasteiger partial charge in [-0.25, -0.2) is 4.79 Å². The van der Waals surface area contributed by atoms with Gasteiger partial charge in [0.2, 0.25) is 0 Å². The lowest BCUT2D eigenvalue weighted by atomic mass is 10.1. The average Bonchev–Trinajstić information content (AvgIpc) is 3.31. The molecule has 1 fully saturated rings. The van der Waals surface area contributed by atoms with Gasteiger partial charge in [-0.3, -0.25) is 4.90 Å². The Morgan fingerprint density at radius 1 is 1.39 bits per heavy atom. The maximum absolute atomic E-state index is 11.4. The van der Waals surface area contributed by atoms with E-state index in [1.807, 2.05) is 6.07 Å². The fraction of sp³-hybridized carbons (Fsp3) is 0.438. The van der Waals surface area contributed by atoms with Crippen LogP contribution in [-0.4, -0.2) is 39.3 Å². The normalized spacial score (nSPS) is 18.1. The highest BCUT2D eigenvalue weighted by Crippen LogP contribution is 2.41. The molecule has 2 aliphatic rings. The predicted octanol–water partition coefficient (Wildman–Crippen LogP) is 2.51. The molecule has 2 aromatic rings. The van der Waals surface area contributed by atoms with Crippen LogP contribution < -0.4 is 4.74 Å². The highest BCUT2D eigenvalue weighted by atomic mass is 32.1. The number of ether oxygens (including phenoxy) is 1. The van der Waals surface area contributed by atoms with Crippen molar-refractivity contribution in [1.29, 1.82) is 0 Å². The number of rotatable bonds is 4. The molecule has 4 rings (SSSR count). The summed E-state index contributed by atoms with van der Waals surface area (Å²) in [6.07, 6.45) is 2.45. The summed E-state index contributed by atoms with van der Waals surface area (Å²) < 4.78 is 5.72. The van der Waals surface area contributed by atoms with Gasteiger partial charge in [0, 0.05) is 24.6 Å². The van der Waals surface area contributed by atoms with E-state index in [-0.39, 0.29) is 0 Å². The summed E-state index contributed by atoms with van der Waals surface area (Å²) in [5.74, 6) is 0.371. The molecule has 1 N–H and O–H groups in total. The smallest absolute Gasteiger partial charge is 0.336 e. The van der Waals surface area contributed by atoms with Crippen LogP contribution in [0.3, 0.4) is 0 Å².